The molecule has 0 saturated heterocycles. The lowest BCUT2D eigenvalue weighted by Crippen LogP contribution is -2.39. The standard InChI is InChI=1S/C19H17ClN2O2S/c1-2-15-19(25)22(11-17(23)24)16-10-6-4-8-13(16)18(21-15)12-7-3-5-9-14(12)20/h3-10,15H,2,11H2,1H3,(H,23,24). The third kappa shape index (κ3) is 3.43. The molecule has 128 valence electrons. The Morgan fingerprint density at radius 1 is 1.20 bits per heavy atom. The molecule has 1 N–H and O–H groups in total. The van der Waals surface area contributed by atoms with E-state index in [0.717, 1.165) is 22.5 Å². The number of aliphatic carboxylic acids is 1. The summed E-state index contributed by atoms with van der Waals surface area (Å²) in [5.74, 6) is -0.937. The Balaban J connectivity index is 2.25. The number of fused-ring (bicyclic) bond motifs is 1. The molecule has 0 spiro atoms. The highest BCUT2D eigenvalue weighted by Crippen LogP contribution is 2.31. The van der Waals surface area contributed by atoms with E-state index in [1.807, 2.05) is 55.5 Å². The van der Waals surface area contributed by atoms with Gasteiger partial charge >= 0.3 is 5.97 Å². The Labute approximate surface area is 156 Å². The van der Waals surface area contributed by atoms with E-state index in [1.54, 1.807) is 4.90 Å². The van der Waals surface area contributed by atoms with Gasteiger partial charge in [-0.25, -0.2) is 0 Å². The van der Waals surface area contributed by atoms with Gasteiger partial charge in [-0.3, -0.25) is 9.79 Å². The Bertz CT molecular complexity index is 866. The average Bonchev–Trinajstić information content (AvgIpc) is 2.71. The molecule has 4 nitrogen and oxygen atoms in total. The molecule has 0 radical (unpaired) electrons. The summed E-state index contributed by atoms with van der Waals surface area (Å²) in [6.45, 7) is 1.79. The molecule has 0 bridgehead atoms. The van der Waals surface area contributed by atoms with Gasteiger partial charge in [-0.1, -0.05) is 67.1 Å². The topological polar surface area (TPSA) is 52.9 Å². The van der Waals surface area contributed by atoms with Crippen LogP contribution in [0.25, 0.3) is 0 Å². The molecule has 2 aromatic carbocycles. The van der Waals surface area contributed by atoms with Crippen LogP contribution in [-0.4, -0.2) is 34.4 Å². The van der Waals surface area contributed by atoms with E-state index in [1.165, 1.54) is 0 Å². The predicted molar refractivity (Wildman–Crippen MR) is 105 cm³/mol. The van der Waals surface area contributed by atoms with E-state index in [-0.39, 0.29) is 12.6 Å². The number of para-hydroxylation sites is 1. The minimum absolute atomic E-state index is 0.197. The number of carboxylic acid groups (broad SMARTS) is 1. The quantitative estimate of drug-likeness (QED) is 0.818. The number of halogens is 1. The molecule has 0 aromatic heterocycles. The van der Waals surface area contributed by atoms with E-state index >= 15 is 0 Å². The van der Waals surface area contributed by atoms with Crippen molar-refractivity contribution in [1.29, 1.82) is 0 Å². The van der Waals surface area contributed by atoms with Gasteiger partial charge in [0.2, 0.25) is 0 Å². The van der Waals surface area contributed by atoms with Crippen LogP contribution in [0.3, 0.4) is 0 Å². The number of carboxylic acids is 1. The molecule has 0 aliphatic carbocycles. The highest BCUT2D eigenvalue weighted by atomic mass is 35.5. The third-order valence-electron chi connectivity index (χ3n) is 4.10. The zero-order valence-corrected chi connectivity index (χ0v) is 15.2. The maximum atomic E-state index is 11.4. The lowest BCUT2D eigenvalue weighted by atomic mass is 10.00. The fourth-order valence-corrected chi connectivity index (χ4v) is 3.53. The minimum Gasteiger partial charge on any atom is -0.480 e. The van der Waals surface area contributed by atoms with Crippen molar-refractivity contribution in [2.24, 2.45) is 4.99 Å². The zero-order chi connectivity index (χ0) is 18.0. The summed E-state index contributed by atoms with van der Waals surface area (Å²) in [6.07, 6.45) is 0.677. The zero-order valence-electron chi connectivity index (χ0n) is 13.6. The van der Waals surface area contributed by atoms with E-state index in [0.29, 0.717) is 16.4 Å². The molecule has 2 aromatic rings. The number of benzene rings is 2. The molecule has 1 unspecified atom stereocenters. The van der Waals surface area contributed by atoms with Crippen LogP contribution in [0.4, 0.5) is 5.69 Å². The second-order valence-corrected chi connectivity index (χ2v) is 6.54. The van der Waals surface area contributed by atoms with Crippen LogP contribution in [0.15, 0.2) is 53.5 Å². The fourth-order valence-electron chi connectivity index (χ4n) is 2.92. The van der Waals surface area contributed by atoms with Crippen LogP contribution in [0.1, 0.15) is 24.5 Å². The summed E-state index contributed by atoms with van der Waals surface area (Å²) in [4.78, 5) is 18.4. The van der Waals surface area contributed by atoms with E-state index < -0.39 is 5.97 Å². The van der Waals surface area contributed by atoms with Gasteiger partial charge in [0.15, 0.2) is 0 Å². The summed E-state index contributed by atoms with van der Waals surface area (Å²) >= 11 is 12.0. The van der Waals surface area contributed by atoms with Gasteiger partial charge < -0.3 is 10.0 Å². The third-order valence-corrected chi connectivity index (χ3v) is 4.92. The van der Waals surface area contributed by atoms with E-state index in [2.05, 4.69) is 0 Å². The second kappa shape index (κ2) is 7.33. The average molecular weight is 373 g/mol. The van der Waals surface area contributed by atoms with Crippen molar-refractivity contribution >= 4 is 46.2 Å². The second-order valence-electron chi connectivity index (χ2n) is 5.72. The number of nitrogens with zero attached hydrogens (tertiary/aromatic N) is 2. The number of carbonyl (C=O) groups is 1. The summed E-state index contributed by atoms with van der Waals surface area (Å²) in [5, 5.41) is 9.93. The molecule has 0 amide bonds. The number of thiocarbonyl (C=S) groups is 1. The summed E-state index contributed by atoms with van der Waals surface area (Å²) in [7, 11) is 0. The highest BCUT2D eigenvalue weighted by Gasteiger charge is 2.29. The SMILES string of the molecule is CCC1N=C(c2ccccc2Cl)c2ccccc2N(CC(=O)O)C1=S. The molecule has 6 heteroatoms. The number of hydrogen-bond acceptors (Lipinski definition) is 3. The van der Waals surface area contributed by atoms with Gasteiger partial charge in [-0.05, 0) is 18.6 Å². The normalized spacial score (nSPS) is 16.9. The number of rotatable bonds is 4. The van der Waals surface area contributed by atoms with Gasteiger partial charge in [0.1, 0.15) is 17.6 Å². The maximum absolute atomic E-state index is 11.4. The highest BCUT2D eigenvalue weighted by molar-refractivity contribution is 7.80. The molecule has 3 rings (SSSR count). The lowest BCUT2D eigenvalue weighted by Gasteiger charge is -2.25. The van der Waals surface area contributed by atoms with Gasteiger partial charge in [0, 0.05) is 16.1 Å². The molecule has 1 heterocycles. The van der Waals surface area contributed by atoms with Crippen molar-refractivity contribution in [2.75, 3.05) is 11.4 Å². The summed E-state index contributed by atoms with van der Waals surface area (Å²) in [5.41, 5.74) is 3.12. The van der Waals surface area contributed by atoms with E-state index in [9.17, 15) is 9.90 Å². The number of anilines is 1. The molecular weight excluding hydrogens is 356 g/mol. The monoisotopic (exact) mass is 372 g/mol. The van der Waals surface area contributed by atoms with Crippen molar-refractivity contribution in [3.05, 3.63) is 64.7 Å². The Morgan fingerprint density at radius 2 is 1.84 bits per heavy atom. The first-order valence-electron chi connectivity index (χ1n) is 7.98. The molecule has 0 fully saturated rings. The number of hydrogen-bond donors (Lipinski definition) is 1. The first-order chi connectivity index (χ1) is 12.0. The van der Waals surface area contributed by atoms with Gasteiger partial charge in [0.05, 0.1) is 11.4 Å². The van der Waals surface area contributed by atoms with Crippen LogP contribution < -0.4 is 4.90 Å². The van der Waals surface area contributed by atoms with Crippen LogP contribution in [0, 0.1) is 0 Å². The molecule has 25 heavy (non-hydrogen) atoms. The largest absolute Gasteiger partial charge is 0.480 e. The maximum Gasteiger partial charge on any atom is 0.323 e. The van der Waals surface area contributed by atoms with Crippen molar-refractivity contribution in [2.45, 2.75) is 19.4 Å². The fraction of sp³-hybridized carbons (Fsp3) is 0.211. The Morgan fingerprint density at radius 3 is 2.48 bits per heavy atom. The first-order valence-corrected chi connectivity index (χ1v) is 8.76. The predicted octanol–water partition coefficient (Wildman–Crippen LogP) is 4.19. The van der Waals surface area contributed by atoms with Crippen LogP contribution in [0.2, 0.25) is 5.02 Å². The van der Waals surface area contributed by atoms with Gasteiger partial charge in [-0.2, -0.15) is 0 Å². The van der Waals surface area contributed by atoms with E-state index in [4.69, 9.17) is 28.8 Å². The molecule has 0 saturated carbocycles. The van der Waals surface area contributed by atoms with Crippen LogP contribution >= 0.6 is 23.8 Å². The molecule has 1 atom stereocenters. The first kappa shape index (κ1) is 17.6. The molecule has 1 aliphatic heterocycles. The van der Waals surface area contributed by atoms with Crippen molar-refractivity contribution in [3.8, 4) is 0 Å². The van der Waals surface area contributed by atoms with Crippen molar-refractivity contribution < 1.29 is 9.90 Å². The lowest BCUT2D eigenvalue weighted by molar-refractivity contribution is -0.135. The number of benzodiazepines with no additional fused rings is 1. The van der Waals surface area contributed by atoms with Gasteiger partial charge in [-0.15, -0.1) is 0 Å². The van der Waals surface area contributed by atoms with Crippen LogP contribution in [-0.2, 0) is 4.79 Å². The summed E-state index contributed by atoms with van der Waals surface area (Å²) < 4.78 is 0. The molecule has 1 aliphatic rings. The van der Waals surface area contributed by atoms with Gasteiger partial charge in [0.25, 0.3) is 0 Å². The van der Waals surface area contributed by atoms with Crippen molar-refractivity contribution in [3.63, 3.8) is 0 Å². The van der Waals surface area contributed by atoms with Crippen molar-refractivity contribution in [1.82, 2.24) is 0 Å². The smallest absolute Gasteiger partial charge is 0.323 e. The Kier molecular flexibility index (Phi) is 5.16. The van der Waals surface area contributed by atoms with Crippen LogP contribution in [0.5, 0.6) is 0 Å². The molecular formula is C19H17ClN2O2S. The Hall–Kier alpha value is -2.24. The number of aliphatic imine (C=N–C) groups is 1. The summed E-state index contributed by atoms with van der Waals surface area (Å²) in [6, 6.07) is 14.8. The minimum atomic E-state index is -0.937.